The quantitative estimate of drug-likeness (QED) is 0.405. The Labute approximate surface area is 175 Å². The first-order valence-corrected chi connectivity index (χ1v) is 10.9. The first-order chi connectivity index (χ1) is 14.1. The summed E-state index contributed by atoms with van der Waals surface area (Å²) in [5.74, 6) is -0.145. The van der Waals surface area contributed by atoms with Crippen LogP contribution in [0.5, 0.6) is 0 Å². The maximum absolute atomic E-state index is 13.0. The fourth-order valence-electron chi connectivity index (χ4n) is 3.09. The van der Waals surface area contributed by atoms with Gasteiger partial charge in [-0.05, 0) is 49.2 Å². The monoisotopic (exact) mass is 411 g/mol. The van der Waals surface area contributed by atoms with E-state index in [-0.39, 0.29) is 17.6 Å². The Morgan fingerprint density at radius 3 is 2.66 bits per heavy atom. The average molecular weight is 412 g/mol. The van der Waals surface area contributed by atoms with Gasteiger partial charge in [-0.15, -0.1) is 11.3 Å². The summed E-state index contributed by atoms with van der Waals surface area (Å²) in [4.78, 5) is 17.2. The average Bonchev–Trinajstić information content (AvgIpc) is 3.19. The van der Waals surface area contributed by atoms with Crippen molar-refractivity contribution in [2.24, 2.45) is 5.92 Å². The van der Waals surface area contributed by atoms with Crippen LogP contribution in [0.25, 0.3) is 11.3 Å². The van der Waals surface area contributed by atoms with E-state index in [4.69, 9.17) is 0 Å². The molecule has 1 amide bonds. The summed E-state index contributed by atoms with van der Waals surface area (Å²) in [5, 5.41) is 8.92. The molecule has 0 spiro atoms. The van der Waals surface area contributed by atoms with E-state index in [0.29, 0.717) is 0 Å². The van der Waals surface area contributed by atoms with Gasteiger partial charge in [0.25, 0.3) is 0 Å². The number of amides is 1. The SMILES string of the molecule is CCCCC(CC)C(=O)Nc1cccc(-c2csc(Nc3ccc(F)cc3)n2)c1. The second-order valence-electron chi connectivity index (χ2n) is 6.99. The normalized spacial score (nSPS) is 11.8. The lowest BCUT2D eigenvalue weighted by Gasteiger charge is -2.15. The van der Waals surface area contributed by atoms with E-state index in [1.165, 1.54) is 23.5 Å². The van der Waals surface area contributed by atoms with Gasteiger partial charge in [0.2, 0.25) is 5.91 Å². The van der Waals surface area contributed by atoms with Crippen molar-refractivity contribution in [3.8, 4) is 11.3 Å². The number of carbonyl (C=O) groups excluding carboxylic acids is 1. The van der Waals surface area contributed by atoms with Crippen LogP contribution in [0.15, 0.2) is 53.9 Å². The van der Waals surface area contributed by atoms with Gasteiger partial charge in [-0.3, -0.25) is 4.79 Å². The number of carbonyl (C=O) groups is 1. The first-order valence-electron chi connectivity index (χ1n) is 9.98. The summed E-state index contributed by atoms with van der Waals surface area (Å²) < 4.78 is 13.0. The number of hydrogen-bond acceptors (Lipinski definition) is 4. The largest absolute Gasteiger partial charge is 0.332 e. The summed E-state index contributed by atoms with van der Waals surface area (Å²) in [6, 6.07) is 13.9. The fraction of sp³-hybridized carbons (Fsp3) is 0.304. The molecule has 0 saturated carbocycles. The second-order valence-corrected chi connectivity index (χ2v) is 7.85. The molecule has 29 heavy (non-hydrogen) atoms. The molecular weight excluding hydrogens is 385 g/mol. The Kier molecular flexibility index (Phi) is 7.36. The molecule has 3 aromatic rings. The van der Waals surface area contributed by atoms with Crippen LogP contribution in [0, 0.1) is 11.7 Å². The molecule has 0 fully saturated rings. The van der Waals surface area contributed by atoms with Gasteiger partial charge < -0.3 is 10.6 Å². The maximum Gasteiger partial charge on any atom is 0.227 e. The molecule has 0 aliphatic heterocycles. The van der Waals surface area contributed by atoms with Crippen LogP contribution in [-0.2, 0) is 4.79 Å². The second kappa shape index (κ2) is 10.2. The molecule has 1 unspecified atom stereocenters. The van der Waals surface area contributed by atoms with E-state index in [2.05, 4.69) is 29.5 Å². The number of unbranched alkanes of at least 4 members (excludes halogenated alkanes) is 1. The molecule has 1 heterocycles. The van der Waals surface area contributed by atoms with Gasteiger partial charge in [-0.2, -0.15) is 0 Å². The highest BCUT2D eigenvalue weighted by Gasteiger charge is 2.16. The van der Waals surface area contributed by atoms with Crippen LogP contribution < -0.4 is 10.6 Å². The lowest BCUT2D eigenvalue weighted by atomic mass is 9.98. The Morgan fingerprint density at radius 1 is 1.14 bits per heavy atom. The van der Waals surface area contributed by atoms with Crippen LogP contribution in [0.1, 0.15) is 39.5 Å². The number of hydrogen-bond donors (Lipinski definition) is 2. The Bertz CT molecular complexity index is 939. The Hall–Kier alpha value is -2.73. The zero-order valence-electron chi connectivity index (χ0n) is 16.7. The highest BCUT2D eigenvalue weighted by atomic mass is 32.1. The van der Waals surface area contributed by atoms with E-state index in [9.17, 15) is 9.18 Å². The number of anilines is 3. The highest BCUT2D eigenvalue weighted by molar-refractivity contribution is 7.14. The molecule has 0 bridgehead atoms. The van der Waals surface area contributed by atoms with Crippen LogP contribution >= 0.6 is 11.3 Å². The molecule has 0 radical (unpaired) electrons. The summed E-state index contributed by atoms with van der Waals surface area (Å²) in [5.41, 5.74) is 3.33. The molecule has 3 rings (SSSR count). The third kappa shape index (κ3) is 5.87. The fourth-order valence-corrected chi connectivity index (χ4v) is 3.83. The van der Waals surface area contributed by atoms with Gasteiger partial charge in [-0.25, -0.2) is 9.37 Å². The summed E-state index contributed by atoms with van der Waals surface area (Å²) in [7, 11) is 0. The smallest absolute Gasteiger partial charge is 0.227 e. The van der Waals surface area contributed by atoms with Gasteiger partial charge in [0, 0.05) is 28.2 Å². The van der Waals surface area contributed by atoms with Crippen LogP contribution in [0.4, 0.5) is 20.9 Å². The molecule has 2 aromatic carbocycles. The van der Waals surface area contributed by atoms with Gasteiger partial charge in [0.1, 0.15) is 5.82 Å². The standard InChI is InChI=1S/C23H26FN3OS/c1-3-5-7-16(4-2)22(28)25-20-9-6-8-17(14-20)21-15-29-23(27-21)26-19-12-10-18(24)11-13-19/h6,8-16H,3-5,7H2,1-2H3,(H,25,28)(H,26,27). The summed E-state index contributed by atoms with van der Waals surface area (Å²) in [6.45, 7) is 4.20. The van der Waals surface area contributed by atoms with Crippen molar-refractivity contribution in [2.45, 2.75) is 39.5 Å². The number of thiazole rings is 1. The van der Waals surface area contributed by atoms with Gasteiger partial charge >= 0.3 is 0 Å². The van der Waals surface area contributed by atoms with Crippen molar-refractivity contribution < 1.29 is 9.18 Å². The van der Waals surface area contributed by atoms with Crippen LogP contribution in [-0.4, -0.2) is 10.9 Å². The lowest BCUT2D eigenvalue weighted by molar-refractivity contribution is -0.120. The highest BCUT2D eigenvalue weighted by Crippen LogP contribution is 2.29. The number of nitrogens with one attached hydrogen (secondary N) is 2. The lowest BCUT2D eigenvalue weighted by Crippen LogP contribution is -2.22. The topological polar surface area (TPSA) is 54.0 Å². The minimum Gasteiger partial charge on any atom is -0.332 e. The molecule has 152 valence electrons. The third-order valence-electron chi connectivity index (χ3n) is 4.80. The van der Waals surface area contributed by atoms with Crippen molar-refractivity contribution in [1.82, 2.24) is 4.98 Å². The van der Waals surface area contributed by atoms with Crippen LogP contribution in [0.3, 0.4) is 0 Å². The molecule has 0 aliphatic rings. The Morgan fingerprint density at radius 2 is 1.93 bits per heavy atom. The van der Waals surface area contributed by atoms with Crippen molar-refractivity contribution in [2.75, 3.05) is 10.6 Å². The van der Waals surface area contributed by atoms with Gasteiger partial charge in [0.15, 0.2) is 5.13 Å². The number of benzene rings is 2. The Balaban J connectivity index is 1.68. The predicted molar refractivity (Wildman–Crippen MR) is 119 cm³/mol. The van der Waals surface area contributed by atoms with Crippen molar-refractivity contribution in [1.29, 1.82) is 0 Å². The number of aromatic nitrogens is 1. The van der Waals surface area contributed by atoms with Crippen molar-refractivity contribution in [3.05, 3.63) is 59.7 Å². The van der Waals surface area contributed by atoms with E-state index >= 15 is 0 Å². The first kappa shape index (κ1) is 21.0. The summed E-state index contributed by atoms with van der Waals surface area (Å²) in [6.07, 6.45) is 3.92. The molecule has 0 saturated heterocycles. The number of halogens is 1. The van der Waals surface area contributed by atoms with E-state index in [1.54, 1.807) is 12.1 Å². The number of nitrogens with zero attached hydrogens (tertiary/aromatic N) is 1. The molecule has 4 nitrogen and oxygen atoms in total. The molecule has 0 aliphatic carbocycles. The van der Waals surface area contributed by atoms with Crippen molar-refractivity contribution >= 4 is 33.8 Å². The van der Waals surface area contributed by atoms with Gasteiger partial charge in [-0.1, -0.05) is 38.8 Å². The third-order valence-corrected chi connectivity index (χ3v) is 5.55. The van der Waals surface area contributed by atoms with Gasteiger partial charge in [0.05, 0.1) is 5.69 Å². The van der Waals surface area contributed by atoms with E-state index in [1.807, 2.05) is 29.6 Å². The maximum atomic E-state index is 13.0. The predicted octanol–water partition coefficient (Wildman–Crippen LogP) is 6.85. The molecule has 2 N–H and O–H groups in total. The molecule has 1 aromatic heterocycles. The van der Waals surface area contributed by atoms with E-state index in [0.717, 1.165) is 53.4 Å². The molecule has 1 atom stereocenters. The minimum atomic E-state index is -0.269. The van der Waals surface area contributed by atoms with E-state index < -0.39 is 0 Å². The minimum absolute atomic E-state index is 0.0457. The summed E-state index contributed by atoms with van der Waals surface area (Å²) >= 11 is 1.48. The number of rotatable bonds is 9. The zero-order valence-corrected chi connectivity index (χ0v) is 17.6. The molecular formula is C23H26FN3OS. The van der Waals surface area contributed by atoms with Crippen LogP contribution in [0.2, 0.25) is 0 Å². The van der Waals surface area contributed by atoms with Crippen molar-refractivity contribution in [3.63, 3.8) is 0 Å². The molecule has 6 heteroatoms. The zero-order chi connectivity index (χ0) is 20.6.